The monoisotopic (exact) mass is 321 g/mol. The van der Waals surface area contributed by atoms with Gasteiger partial charge < -0.3 is 0 Å². The molecule has 1 unspecified atom stereocenters. The first-order valence-electron chi connectivity index (χ1n) is 4.68. The Labute approximate surface area is 116 Å². The van der Waals surface area contributed by atoms with Crippen LogP contribution in [0.4, 0.5) is 0 Å². The minimum Gasteiger partial charge on any atom is -0.248 e. The first-order chi connectivity index (χ1) is 8.38. The molecule has 1 aromatic carbocycles. The molecule has 0 amide bonds. The normalized spacial score (nSPS) is 13.4. The predicted octanol–water partition coefficient (Wildman–Crippen LogP) is 2.22. The molecule has 8 heteroatoms. The van der Waals surface area contributed by atoms with Crippen LogP contribution in [0.2, 0.25) is 5.02 Å². The molecule has 0 spiro atoms. The second-order valence-corrected chi connectivity index (χ2v) is 8.36. The van der Waals surface area contributed by atoms with Gasteiger partial charge in [0.25, 0.3) is 0 Å². The minimum atomic E-state index is -3.74. The molecule has 0 saturated carbocycles. The lowest BCUT2D eigenvalue weighted by Crippen LogP contribution is -2.09. The molecule has 2 rings (SSSR count). The molecule has 4 nitrogen and oxygen atoms in total. The van der Waals surface area contributed by atoms with Gasteiger partial charge in [-0.3, -0.25) is 0 Å². The van der Waals surface area contributed by atoms with Crippen molar-refractivity contribution in [2.24, 2.45) is 5.14 Å². The number of halogens is 1. The van der Waals surface area contributed by atoms with Crippen LogP contribution in [0.25, 0.3) is 0 Å². The number of hydrogen-bond acceptors (Lipinski definition) is 4. The highest BCUT2D eigenvalue weighted by Crippen LogP contribution is 2.27. The Hall–Kier alpha value is -0.730. The Morgan fingerprint density at radius 2 is 1.72 bits per heavy atom. The van der Waals surface area contributed by atoms with Gasteiger partial charge in [-0.05, 0) is 36.4 Å². The molecule has 0 saturated heterocycles. The molecular weight excluding hydrogens is 314 g/mol. The maximum atomic E-state index is 12.1. The van der Waals surface area contributed by atoms with Gasteiger partial charge >= 0.3 is 0 Å². The molecule has 0 bridgehead atoms. The zero-order chi connectivity index (χ0) is 13.3. The summed E-state index contributed by atoms with van der Waals surface area (Å²) in [6.45, 7) is 0. The first kappa shape index (κ1) is 13.7. The van der Waals surface area contributed by atoms with E-state index >= 15 is 0 Å². The highest BCUT2D eigenvalue weighted by Gasteiger charge is 2.15. The van der Waals surface area contributed by atoms with Gasteiger partial charge in [-0.1, -0.05) is 11.6 Å². The summed E-state index contributed by atoms with van der Waals surface area (Å²) in [6.07, 6.45) is 0. The van der Waals surface area contributed by atoms with E-state index < -0.39 is 20.8 Å². The molecule has 0 radical (unpaired) electrons. The summed E-state index contributed by atoms with van der Waals surface area (Å²) in [5.41, 5.74) is 0. The van der Waals surface area contributed by atoms with Crippen molar-refractivity contribution in [1.29, 1.82) is 0 Å². The van der Waals surface area contributed by atoms with Gasteiger partial charge in [0.1, 0.15) is 4.21 Å². The van der Waals surface area contributed by atoms with Crippen LogP contribution in [0, 0.1) is 0 Å². The standard InChI is InChI=1S/C10H8ClNO3S3/c11-7-1-3-8(4-2-7)17(13)9-5-6-10(16-9)18(12,14)15/h1-6H,(H2,12,14,15). The number of hydrogen-bond donors (Lipinski definition) is 1. The molecule has 2 aromatic rings. The zero-order valence-electron chi connectivity index (χ0n) is 8.87. The van der Waals surface area contributed by atoms with Crippen LogP contribution >= 0.6 is 22.9 Å². The van der Waals surface area contributed by atoms with E-state index in [9.17, 15) is 12.6 Å². The van der Waals surface area contributed by atoms with Crippen molar-refractivity contribution < 1.29 is 12.6 Å². The Morgan fingerprint density at radius 3 is 2.22 bits per heavy atom. The lowest BCUT2D eigenvalue weighted by atomic mass is 10.4. The topological polar surface area (TPSA) is 77.2 Å². The third-order valence-electron chi connectivity index (χ3n) is 2.05. The zero-order valence-corrected chi connectivity index (χ0v) is 12.1. The predicted molar refractivity (Wildman–Crippen MR) is 71.8 cm³/mol. The Balaban J connectivity index is 2.35. The summed E-state index contributed by atoms with van der Waals surface area (Å²) in [5.74, 6) is 0. The lowest BCUT2D eigenvalue weighted by molar-refractivity contribution is 0.600. The van der Waals surface area contributed by atoms with Crippen molar-refractivity contribution in [3.8, 4) is 0 Å². The van der Waals surface area contributed by atoms with E-state index in [1.807, 2.05) is 0 Å². The SMILES string of the molecule is NS(=O)(=O)c1ccc(S(=O)c2ccc(Cl)cc2)s1. The van der Waals surface area contributed by atoms with Crippen molar-refractivity contribution in [1.82, 2.24) is 0 Å². The third kappa shape index (κ3) is 2.99. The molecule has 96 valence electrons. The van der Waals surface area contributed by atoms with Gasteiger partial charge in [-0.25, -0.2) is 17.8 Å². The minimum absolute atomic E-state index is 0.000173. The Bertz CT molecular complexity index is 691. The average molecular weight is 322 g/mol. The maximum Gasteiger partial charge on any atom is 0.247 e. The summed E-state index contributed by atoms with van der Waals surface area (Å²) >= 11 is 6.63. The fraction of sp³-hybridized carbons (Fsp3) is 0. The van der Waals surface area contributed by atoms with Crippen LogP contribution in [0.1, 0.15) is 0 Å². The second-order valence-electron chi connectivity index (χ2n) is 3.34. The smallest absolute Gasteiger partial charge is 0.247 e. The van der Waals surface area contributed by atoms with Crippen LogP contribution in [0.5, 0.6) is 0 Å². The second kappa shape index (κ2) is 5.10. The summed E-state index contributed by atoms with van der Waals surface area (Å²) < 4.78 is 34.8. The lowest BCUT2D eigenvalue weighted by Gasteiger charge is -1.98. The number of primary sulfonamides is 1. The first-order valence-corrected chi connectivity index (χ1v) is 8.57. The Morgan fingerprint density at radius 1 is 1.11 bits per heavy atom. The van der Waals surface area contributed by atoms with E-state index in [0.717, 1.165) is 11.3 Å². The number of sulfonamides is 1. The number of rotatable bonds is 3. The number of benzene rings is 1. The fourth-order valence-electron chi connectivity index (χ4n) is 1.23. The summed E-state index contributed by atoms with van der Waals surface area (Å²) in [7, 11) is -5.17. The molecular formula is C10H8ClNO3S3. The van der Waals surface area contributed by atoms with Crippen molar-refractivity contribution in [3.05, 3.63) is 41.4 Å². The van der Waals surface area contributed by atoms with Crippen LogP contribution in [0.3, 0.4) is 0 Å². The van der Waals surface area contributed by atoms with E-state index in [2.05, 4.69) is 0 Å². The van der Waals surface area contributed by atoms with Gasteiger partial charge in [-0.15, -0.1) is 11.3 Å². The molecule has 1 aromatic heterocycles. The molecule has 2 N–H and O–H groups in total. The van der Waals surface area contributed by atoms with Crippen molar-refractivity contribution in [2.75, 3.05) is 0 Å². The van der Waals surface area contributed by atoms with Gasteiger partial charge in [0.15, 0.2) is 0 Å². The quantitative estimate of drug-likeness (QED) is 0.941. The van der Waals surface area contributed by atoms with E-state index in [4.69, 9.17) is 16.7 Å². The van der Waals surface area contributed by atoms with Crippen LogP contribution < -0.4 is 5.14 Å². The molecule has 1 atom stereocenters. The summed E-state index contributed by atoms with van der Waals surface area (Å²) in [5, 5.41) is 5.54. The van der Waals surface area contributed by atoms with Crippen LogP contribution in [-0.4, -0.2) is 12.6 Å². The van der Waals surface area contributed by atoms with E-state index in [-0.39, 0.29) is 4.21 Å². The van der Waals surface area contributed by atoms with Gasteiger partial charge in [-0.2, -0.15) is 0 Å². The van der Waals surface area contributed by atoms with Crippen molar-refractivity contribution in [3.63, 3.8) is 0 Å². The van der Waals surface area contributed by atoms with E-state index in [0.29, 0.717) is 14.1 Å². The van der Waals surface area contributed by atoms with Gasteiger partial charge in [0.05, 0.1) is 15.0 Å². The highest BCUT2D eigenvalue weighted by atomic mass is 35.5. The Kier molecular flexibility index (Phi) is 3.88. The molecule has 1 heterocycles. The summed E-state index contributed by atoms with van der Waals surface area (Å²) in [4.78, 5) is 0.558. The molecule has 0 aliphatic heterocycles. The maximum absolute atomic E-state index is 12.1. The van der Waals surface area contributed by atoms with Crippen molar-refractivity contribution >= 4 is 43.8 Å². The van der Waals surface area contributed by atoms with Gasteiger partial charge in [0, 0.05) is 9.92 Å². The van der Waals surface area contributed by atoms with E-state index in [1.54, 1.807) is 24.3 Å². The number of nitrogens with two attached hydrogens (primary N) is 1. The summed E-state index contributed by atoms with van der Waals surface area (Å²) in [6, 6.07) is 9.37. The largest absolute Gasteiger partial charge is 0.248 e. The third-order valence-corrected chi connectivity index (χ3v) is 6.52. The molecule has 0 aliphatic carbocycles. The van der Waals surface area contributed by atoms with E-state index in [1.165, 1.54) is 12.1 Å². The number of thiophene rings is 1. The average Bonchev–Trinajstić information content (AvgIpc) is 2.78. The highest BCUT2D eigenvalue weighted by molar-refractivity contribution is 7.92. The molecule has 18 heavy (non-hydrogen) atoms. The fourth-order valence-corrected chi connectivity index (χ4v) is 4.64. The van der Waals surface area contributed by atoms with Crippen molar-refractivity contribution in [2.45, 2.75) is 13.3 Å². The van der Waals surface area contributed by atoms with Crippen LogP contribution in [0.15, 0.2) is 49.7 Å². The van der Waals surface area contributed by atoms with Crippen LogP contribution in [-0.2, 0) is 20.8 Å². The van der Waals surface area contributed by atoms with Gasteiger partial charge in [0.2, 0.25) is 10.0 Å². The molecule has 0 aliphatic rings. The molecule has 0 fully saturated rings.